The molecule has 0 amide bonds. The van der Waals surface area contributed by atoms with Gasteiger partial charge in [0.05, 0.1) is 0 Å². The van der Waals surface area contributed by atoms with Crippen molar-refractivity contribution < 1.29 is 9.47 Å². The molecule has 4 aromatic carbocycles. The SMILES string of the molecule is CC(C)(C)c1ccc(CC(Cc2ccc(C(C)(C)C)cc2)(C2=N[C@H](c3ccccc3)CO2)C2=N[C@@H](c3ccccc3)CO2)cc1. The Kier molecular flexibility index (Phi) is 8.43. The van der Waals surface area contributed by atoms with Gasteiger partial charge in [0, 0.05) is 0 Å². The van der Waals surface area contributed by atoms with Gasteiger partial charge in [-0.3, -0.25) is 0 Å². The van der Waals surface area contributed by atoms with Crippen molar-refractivity contribution in [2.24, 2.45) is 15.4 Å². The molecule has 4 heteroatoms. The molecule has 6 rings (SSSR count). The van der Waals surface area contributed by atoms with Gasteiger partial charge in [0.1, 0.15) is 30.7 Å². The molecule has 45 heavy (non-hydrogen) atoms. The van der Waals surface area contributed by atoms with E-state index >= 15 is 0 Å². The van der Waals surface area contributed by atoms with Gasteiger partial charge in [-0.25, -0.2) is 9.98 Å². The second-order valence-electron chi connectivity index (χ2n) is 14.7. The molecule has 0 saturated heterocycles. The lowest BCUT2D eigenvalue weighted by Gasteiger charge is -2.33. The van der Waals surface area contributed by atoms with Crippen LogP contribution in [0.1, 0.15) is 87.0 Å². The Labute approximate surface area is 269 Å². The molecule has 4 nitrogen and oxygen atoms in total. The van der Waals surface area contributed by atoms with Gasteiger partial charge < -0.3 is 9.47 Å². The molecule has 4 aromatic rings. The molecule has 0 N–H and O–H groups in total. The smallest absolute Gasteiger partial charge is 0.200 e. The quantitative estimate of drug-likeness (QED) is 0.203. The first-order valence-corrected chi connectivity index (χ1v) is 16.2. The van der Waals surface area contributed by atoms with E-state index in [1.54, 1.807) is 0 Å². The first kappa shape index (κ1) is 30.8. The largest absolute Gasteiger partial charge is 0.478 e. The number of benzene rings is 4. The normalized spacial score (nSPS) is 18.6. The van der Waals surface area contributed by atoms with E-state index in [9.17, 15) is 0 Å². The minimum absolute atomic E-state index is 0.0703. The molecule has 2 heterocycles. The van der Waals surface area contributed by atoms with Crippen molar-refractivity contribution in [3.8, 4) is 0 Å². The van der Waals surface area contributed by atoms with Crippen molar-refractivity contribution in [2.75, 3.05) is 13.2 Å². The highest BCUT2D eigenvalue weighted by molar-refractivity contribution is 6.07. The topological polar surface area (TPSA) is 43.2 Å². The summed E-state index contributed by atoms with van der Waals surface area (Å²) in [7, 11) is 0. The first-order chi connectivity index (χ1) is 21.5. The van der Waals surface area contributed by atoms with Crippen LogP contribution in [-0.4, -0.2) is 25.0 Å². The van der Waals surface area contributed by atoms with Crippen LogP contribution in [0.5, 0.6) is 0 Å². The van der Waals surface area contributed by atoms with Gasteiger partial charge in [0.25, 0.3) is 0 Å². The minimum atomic E-state index is -0.709. The molecule has 0 aromatic heterocycles. The summed E-state index contributed by atoms with van der Waals surface area (Å²) in [5.74, 6) is 1.42. The van der Waals surface area contributed by atoms with Crippen molar-refractivity contribution in [3.63, 3.8) is 0 Å². The zero-order chi connectivity index (χ0) is 31.7. The monoisotopic (exact) mass is 598 g/mol. The highest BCUT2D eigenvalue weighted by atomic mass is 16.5. The van der Waals surface area contributed by atoms with Gasteiger partial charge in [-0.1, -0.05) is 151 Å². The van der Waals surface area contributed by atoms with Crippen LogP contribution in [0, 0.1) is 5.41 Å². The van der Waals surface area contributed by atoms with Crippen molar-refractivity contribution in [2.45, 2.75) is 77.3 Å². The Morgan fingerprint density at radius 2 is 0.867 bits per heavy atom. The molecule has 2 aliphatic heterocycles. The van der Waals surface area contributed by atoms with E-state index in [0.717, 1.165) is 11.1 Å². The summed E-state index contributed by atoms with van der Waals surface area (Å²) in [6, 6.07) is 38.8. The summed E-state index contributed by atoms with van der Waals surface area (Å²) in [6.07, 6.45) is 1.33. The Bertz CT molecular complexity index is 1510. The lowest BCUT2D eigenvalue weighted by atomic mass is 9.74. The van der Waals surface area contributed by atoms with Crippen LogP contribution in [0.4, 0.5) is 0 Å². The number of rotatable bonds is 8. The average molecular weight is 599 g/mol. The zero-order valence-corrected chi connectivity index (χ0v) is 27.6. The van der Waals surface area contributed by atoms with Gasteiger partial charge >= 0.3 is 0 Å². The van der Waals surface area contributed by atoms with E-state index in [4.69, 9.17) is 19.5 Å². The van der Waals surface area contributed by atoms with E-state index in [1.165, 1.54) is 22.3 Å². The Balaban J connectivity index is 1.48. The maximum Gasteiger partial charge on any atom is 0.200 e. The van der Waals surface area contributed by atoms with E-state index < -0.39 is 5.41 Å². The van der Waals surface area contributed by atoms with Crippen molar-refractivity contribution in [1.29, 1.82) is 0 Å². The molecule has 0 saturated carbocycles. The van der Waals surface area contributed by atoms with Crippen LogP contribution >= 0.6 is 0 Å². The third kappa shape index (κ3) is 6.76. The first-order valence-electron chi connectivity index (χ1n) is 16.2. The van der Waals surface area contributed by atoms with Crippen molar-refractivity contribution in [3.05, 3.63) is 143 Å². The standard InChI is InChI=1S/C41H46N2O2/c1-39(2,3)33-21-17-29(18-22-33)25-41(26-30-19-23-34(24-20-30)40(4,5)6,37-42-35(27-44-37)31-13-9-7-10-14-31)38-43-36(28-45-38)32-15-11-8-12-16-32/h7-24,35-36H,25-28H2,1-6H3/t35-,36+. The van der Waals surface area contributed by atoms with Crippen LogP contribution in [0.3, 0.4) is 0 Å². The summed E-state index contributed by atoms with van der Waals surface area (Å²) in [4.78, 5) is 10.6. The van der Waals surface area contributed by atoms with Crippen LogP contribution in [0.15, 0.2) is 119 Å². The van der Waals surface area contributed by atoms with Crippen LogP contribution in [0.25, 0.3) is 0 Å². The molecule has 2 atom stereocenters. The fourth-order valence-electron chi connectivity index (χ4n) is 6.36. The minimum Gasteiger partial charge on any atom is -0.478 e. The fourth-order valence-corrected chi connectivity index (χ4v) is 6.36. The highest BCUT2D eigenvalue weighted by Gasteiger charge is 2.49. The molecule has 232 valence electrons. The number of hydrogen-bond donors (Lipinski definition) is 0. The lowest BCUT2D eigenvalue weighted by molar-refractivity contribution is 0.249. The zero-order valence-electron chi connectivity index (χ0n) is 27.6. The van der Waals surface area contributed by atoms with Crippen molar-refractivity contribution in [1.82, 2.24) is 0 Å². The predicted molar refractivity (Wildman–Crippen MR) is 185 cm³/mol. The molecule has 0 aliphatic carbocycles. The van der Waals surface area contributed by atoms with E-state index in [0.29, 0.717) is 37.9 Å². The van der Waals surface area contributed by atoms with Crippen molar-refractivity contribution >= 4 is 11.8 Å². The van der Waals surface area contributed by atoms with Crippen LogP contribution < -0.4 is 0 Å². The molecule has 0 fully saturated rings. The van der Waals surface area contributed by atoms with Crippen LogP contribution in [-0.2, 0) is 33.1 Å². The fraction of sp³-hybridized carbons (Fsp3) is 0.366. The number of hydrogen-bond acceptors (Lipinski definition) is 4. The summed E-state index contributed by atoms with van der Waals surface area (Å²) >= 11 is 0. The van der Waals surface area contributed by atoms with Crippen LogP contribution in [0.2, 0.25) is 0 Å². The third-order valence-corrected chi connectivity index (χ3v) is 9.14. The maximum atomic E-state index is 6.63. The summed E-state index contributed by atoms with van der Waals surface area (Å²) in [6.45, 7) is 14.5. The predicted octanol–water partition coefficient (Wildman–Crippen LogP) is 9.39. The Morgan fingerprint density at radius 3 is 1.20 bits per heavy atom. The third-order valence-electron chi connectivity index (χ3n) is 9.14. The summed E-state index contributed by atoms with van der Waals surface area (Å²) in [5, 5.41) is 0. The molecule has 0 spiro atoms. The molecule has 0 radical (unpaired) electrons. The number of ether oxygens (including phenoxy) is 2. The van der Waals surface area contributed by atoms with Gasteiger partial charge in [-0.05, 0) is 57.1 Å². The molecule has 2 aliphatic rings. The lowest BCUT2D eigenvalue weighted by Crippen LogP contribution is -2.44. The molecular weight excluding hydrogens is 552 g/mol. The van der Waals surface area contributed by atoms with Gasteiger partial charge in [-0.2, -0.15) is 0 Å². The van der Waals surface area contributed by atoms with Gasteiger partial charge in [0.2, 0.25) is 11.8 Å². The van der Waals surface area contributed by atoms with Gasteiger partial charge in [-0.15, -0.1) is 0 Å². The highest BCUT2D eigenvalue weighted by Crippen LogP contribution is 2.41. The summed E-state index contributed by atoms with van der Waals surface area (Å²) < 4.78 is 13.3. The maximum absolute atomic E-state index is 6.63. The number of aliphatic imine (C=N–C) groups is 2. The average Bonchev–Trinajstić information content (AvgIpc) is 3.73. The van der Waals surface area contributed by atoms with Gasteiger partial charge in [0.15, 0.2) is 0 Å². The molecule has 0 bridgehead atoms. The molecular formula is C41H46N2O2. The number of nitrogens with zero attached hydrogens (tertiary/aromatic N) is 2. The van der Waals surface area contributed by atoms with E-state index in [-0.39, 0.29) is 22.9 Å². The van der Waals surface area contributed by atoms with E-state index in [2.05, 4.69) is 139 Å². The van der Waals surface area contributed by atoms with E-state index in [1.807, 2.05) is 12.1 Å². The Morgan fingerprint density at radius 1 is 0.511 bits per heavy atom. The second kappa shape index (κ2) is 12.3. The second-order valence-corrected chi connectivity index (χ2v) is 14.7. The summed E-state index contributed by atoms with van der Waals surface area (Å²) in [5.41, 5.74) is 6.79. The molecule has 0 unspecified atom stereocenters. The Hall–Kier alpha value is -4.18.